The number of nitrogens with zero attached hydrogens (tertiary/aromatic N) is 3. The fourth-order valence-electron chi connectivity index (χ4n) is 3.51. The van der Waals surface area contributed by atoms with Gasteiger partial charge in [-0.3, -0.25) is 4.79 Å². The second kappa shape index (κ2) is 7.70. The van der Waals surface area contributed by atoms with Crippen LogP contribution in [-0.2, 0) is 6.42 Å². The lowest BCUT2D eigenvalue weighted by molar-refractivity contribution is 0.0671. The molecule has 0 aliphatic carbocycles. The van der Waals surface area contributed by atoms with Crippen molar-refractivity contribution in [2.45, 2.75) is 19.3 Å². The maximum Gasteiger partial charge on any atom is 0.257 e. The third-order valence-corrected chi connectivity index (χ3v) is 4.84. The van der Waals surface area contributed by atoms with E-state index in [-0.39, 0.29) is 11.8 Å². The highest BCUT2D eigenvalue weighted by Gasteiger charge is 2.26. The second-order valence-corrected chi connectivity index (χ2v) is 6.86. The first-order valence-electron chi connectivity index (χ1n) is 9.12. The summed E-state index contributed by atoms with van der Waals surface area (Å²) < 4.78 is 18.8. The van der Waals surface area contributed by atoms with Crippen LogP contribution in [0.2, 0.25) is 0 Å². The molecule has 3 aromatic rings. The van der Waals surface area contributed by atoms with E-state index >= 15 is 0 Å². The average Bonchev–Trinajstić information content (AvgIpc) is 3.17. The lowest BCUT2D eigenvalue weighted by Gasteiger charge is -2.32. The third kappa shape index (κ3) is 4.05. The van der Waals surface area contributed by atoms with Crippen molar-refractivity contribution >= 4 is 5.91 Å². The van der Waals surface area contributed by atoms with E-state index in [1.54, 1.807) is 17.0 Å². The van der Waals surface area contributed by atoms with Crippen molar-refractivity contribution in [2.24, 2.45) is 5.92 Å². The Morgan fingerprint density at radius 3 is 2.85 bits per heavy atom. The Hall–Kier alpha value is -3.02. The van der Waals surface area contributed by atoms with Crippen LogP contribution in [-0.4, -0.2) is 34.0 Å². The van der Waals surface area contributed by atoms with Crippen LogP contribution in [0.5, 0.6) is 0 Å². The van der Waals surface area contributed by atoms with Gasteiger partial charge in [0.15, 0.2) is 5.82 Å². The van der Waals surface area contributed by atoms with Gasteiger partial charge in [0.25, 0.3) is 11.8 Å². The Kier molecular flexibility index (Phi) is 4.96. The summed E-state index contributed by atoms with van der Waals surface area (Å²) in [5.74, 6) is 0.900. The Labute approximate surface area is 156 Å². The zero-order valence-corrected chi connectivity index (χ0v) is 14.8. The van der Waals surface area contributed by atoms with Crippen molar-refractivity contribution in [2.75, 3.05) is 13.1 Å². The molecule has 0 saturated carbocycles. The summed E-state index contributed by atoms with van der Waals surface area (Å²) in [4.78, 5) is 18.9. The lowest BCUT2D eigenvalue weighted by Crippen LogP contribution is -2.40. The molecule has 1 unspecified atom stereocenters. The molecule has 0 spiro atoms. The number of carbonyl (C=O) groups is 1. The first-order chi connectivity index (χ1) is 13.2. The molecule has 1 atom stereocenters. The van der Waals surface area contributed by atoms with E-state index in [4.69, 9.17) is 4.52 Å². The van der Waals surface area contributed by atoms with Crippen molar-refractivity contribution in [3.05, 3.63) is 71.8 Å². The Morgan fingerprint density at radius 2 is 2.04 bits per heavy atom. The van der Waals surface area contributed by atoms with Gasteiger partial charge in [-0.25, -0.2) is 4.39 Å². The SMILES string of the molecule is O=C(c1cccc(F)c1)N1CCCC(Cc2noc(-c3ccccc3)n2)C1. The fourth-order valence-corrected chi connectivity index (χ4v) is 3.51. The maximum absolute atomic E-state index is 13.4. The van der Waals surface area contributed by atoms with E-state index in [0.29, 0.717) is 36.8 Å². The number of carbonyl (C=O) groups excluding carboxylic acids is 1. The van der Waals surface area contributed by atoms with Gasteiger partial charge in [0.05, 0.1) is 0 Å². The molecule has 2 heterocycles. The predicted molar refractivity (Wildman–Crippen MR) is 98.5 cm³/mol. The van der Waals surface area contributed by atoms with E-state index in [1.165, 1.54) is 12.1 Å². The molecule has 0 N–H and O–H groups in total. The van der Waals surface area contributed by atoms with Crippen molar-refractivity contribution in [3.63, 3.8) is 0 Å². The summed E-state index contributed by atoms with van der Waals surface area (Å²) in [6.45, 7) is 1.30. The Balaban J connectivity index is 1.42. The van der Waals surface area contributed by atoms with Gasteiger partial charge in [-0.05, 0) is 49.1 Å². The molecule has 138 valence electrons. The summed E-state index contributed by atoms with van der Waals surface area (Å²) in [7, 11) is 0. The van der Waals surface area contributed by atoms with Gasteiger partial charge in [0.2, 0.25) is 0 Å². The van der Waals surface area contributed by atoms with E-state index in [0.717, 1.165) is 18.4 Å². The van der Waals surface area contributed by atoms with Crippen LogP contribution >= 0.6 is 0 Å². The normalized spacial score (nSPS) is 17.1. The summed E-state index contributed by atoms with van der Waals surface area (Å²) in [6.07, 6.45) is 2.57. The number of hydrogen-bond donors (Lipinski definition) is 0. The molecule has 0 radical (unpaired) electrons. The largest absolute Gasteiger partial charge is 0.338 e. The van der Waals surface area contributed by atoms with Gasteiger partial charge in [0.1, 0.15) is 5.82 Å². The van der Waals surface area contributed by atoms with Gasteiger partial charge in [-0.1, -0.05) is 29.4 Å². The number of benzene rings is 2. The zero-order valence-electron chi connectivity index (χ0n) is 14.8. The number of halogens is 1. The highest BCUT2D eigenvalue weighted by Crippen LogP contribution is 2.23. The molecule has 6 heteroatoms. The minimum absolute atomic E-state index is 0.128. The standard InChI is InChI=1S/C21H20FN3O2/c22-18-10-4-9-17(13-18)21(26)25-11-5-6-15(14-25)12-19-23-20(27-24-19)16-7-2-1-3-8-16/h1-4,7-10,13,15H,5-6,11-12,14H2. The van der Waals surface area contributed by atoms with Crippen LogP contribution in [0.1, 0.15) is 29.0 Å². The zero-order chi connectivity index (χ0) is 18.6. The molecule has 1 amide bonds. The molecule has 0 bridgehead atoms. The molecule has 1 aliphatic rings. The van der Waals surface area contributed by atoms with Crippen molar-refractivity contribution in [3.8, 4) is 11.5 Å². The van der Waals surface area contributed by atoms with Crippen LogP contribution in [0.25, 0.3) is 11.5 Å². The number of amides is 1. The lowest BCUT2D eigenvalue weighted by atomic mass is 9.94. The van der Waals surface area contributed by atoms with Crippen LogP contribution in [0.15, 0.2) is 59.1 Å². The van der Waals surface area contributed by atoms with Gasteiger partial charge in [-0.2, -0.15) is 4.98 Å². The molecular formula is C21H20FN3O2. The second-order valence-electron chi connectivity index (χ2n) is 6.86. The molecule has 1 fully saturated rings. The smallest absolute Gasteiger partial charge is 0.257 e. The van der Waals surface area contributed by atoms with E-state index in [9.17, 15) is 9.18 Å². The van der Waals surface area contributed by atoms with Crippen LogP contribution in [0, 0.1) is 11.7 Å². The summed E-state index contributed by atoms with van der Waals surface area (Å²) in [5, 5.41) is 4.09. The monoisotopic (exact) mass is 365 g/mol. The molecule has 4 rings (SSSR count). The van der Waals surface area contributed by atoms with Gasteiger partial charge < -0.3 is 9.42 Å². The van der Waals surface area contributed by atoms with Crippen molar-refractivity contribution in [1.29, 1.82) is 0 Å². The highest BCUT2D eigenvalue weighted by molar-refractivity contribution is 5.94. The quantitative estimate of drug-likeness (QED) is 0.702. The highest BCUT2D eigenvalue weighted by atomic mass is 19.1. The first-order valence-corrected chi connectivity index (χ1v) is 9.12. The van der Waals surface area contributed by atoms with Crippen molar-refractivity contribution in [1.82, 2.24) is 15.0 Å². The maximum atomic E-state index is 13.4. The molecule has 1 aromatic heterocycles. The summed E-state index contributed by atoms with van der Waals surface area (Å²) >= 11 is 0. The third-order valence-electron chi connectivity index (χ3n) is 4.84. The molecular weight excluding hydrogens is 345 g/mol. The van der Waals surface area contributed by atoms with Crippen LogP contribution < -0.4 is 0 Å². The van der Waals surface area contributed by atoms with Gasteiger partial charge in [0, 0.05) is 30.6 Å². The number of piperidine rings is 1. The average molecular weight is 365 g/mol. The Morgan fingerprint density at radius 1 is 1.19 bits per heavy atom. The van der Waals surface area contributed by atoms with E-state index < -0.39 is 5.82 Å². The predicted octanol–water partition coefficient (Wildman–Crippen LogP) is 3.97. The molecule has 1 saturated heterocycles. The topological polar surface area (TPSA) is 59.2 Å². The minimum atomic E-state index is -0.394. The molecule has 27 heavy (non-hydrogen) atoms. The van der Waals surface area contributed by atoms with E-state index in [2.05, 4.69) is 10.1 Å². The number of aromatic nitrogens is 2. The van der Waals surface area contributed by atoms with Crippen LogP contribution in [0.3, 0.4) is 0 Å². The molecule has 2 aromatic carbocycles. The first kappa shape index (κ1) is 17.4. The number of hydrogen-bond acceptors (Lipinski definition) is 4. The van der Waals surface area contributed by atoms with Gasteiger partial charge >= 0.3 is 0 Å². The van der Waals surface area contributed by atoms with Crippen molar-refractivity contribution < 1.29 is 13.7 Å². The van der Waals surface area contributed by atoms with Gasteiger partial charge in [-0.15, -0.1) is 0 Å². The van der Waals surface area contributed by atoms with Crippen LogP contribution in [0.4, 0.5) is 4.39 Å². The van der Waals surface area contributed by atoms with E-state index in [1.807, 2.05) is 30.3 Å². The summed E-state index contributed by atoms with van der Waals surface area (Å²) in [6, 6.07) is 15.5. The minimum Gasteiger partial charge on any atom is -0.338 e. The number of likely N-dealkylation sites (tertiary alicyclic amines) is 1. The number of rotatable bonds is 4. The fraction of sp³-hybridized carbons (Fsp3) is 0.286. The molecule has 1 aliphatic heterocycles. The Bertz CT molecular complexity index is 926. The summed E-state index contributed by atoms with van der Waals surface area (Å²) in [5.41, 5.74) is 1.28. The molecule has 5 nitrogen and oxygen atoms in total.